The Morgan fingerprint density at radius 3 is 2.19 bits per heavy atom. The molecule has 1 aromatic carbocycles. The average Bonchev–Trinajstić information content (AvgIpc) is 2.39. The maximum atomic E-state index is 13.1. The van der Waals surface area contributed by atoms with Crippen molar-refractivity contribution in [1.82, 2.24) is 9.78 Å². The molecule has 0 radical (unpaired) electrons. The Morgan fingerprint density at radius 2 is 1.75 bits per heavy atom. The normalized spacial score (nSPS) is 10.8. The second-order valence-electron chi connectivity index (χ2n) is 3.63. The first-order valence-corrected chi connectivity index (χ1v) is 4.74. The maximum Gasteiger partial charge on any atom is 0.129 e. The van der Waals surface area contributed by atoms with Gasteiger partial charge in [0.1, 0.15) is 17.5 Å². The highest BCUT2D eigenvalue weighted by Crippen LogP contribution is 2.29. The van der Waals surface area contributed by atoms with Gasteiger partial charge in [-0.3, -0.25) is 4.68 Å². The lowest BCUT2D eigenvalue weighted by atomic mass is 10.1. The van der Waals surface area contributed by atoms with E-state index in [0.29, 0.717) is 22.6 Å². The van der Waals surface area contributed by atoms with Gasteiger partial charge >= 0.3 is 0 Å². The Kier molecular flexibility index (Phi) is 2.38. The lowest BCUT2D eigenvalue weighted by molar-refractivity contribution is 0.584. The van der Waals surface area contributed by atoms with Gasteiger partial charge in [0, 0.05) is 18.7 Å². The molecule has 0 unspecified atom stereocenters. The predicted octanol–water partition coefficient (Wildman–Crippen LogP) is 2.26. The van der Waals surface area contributed by atoms with Gasteiger partial charge in [0.25, 0.3) is 0 Å². The first-order chi connectivity index (χ1) is 7.49. The fourth-order valence-corrected chi connectivity index (χ4v) is 1.73. The molecule has 2 aromatic rings. The standard InChI is InChI=1S/C11H11F2N3/c1-6-10(11(14)16(2)15-6)7-3-8(12)5-9(13)4-7/h3-5H,14H2,1-2H3. The Bertz CT molecular complexity index is 526. The van der Waals surface area contributed by atoms with Crippen LogP contribution in [0.1, 0.15) is 5.69 Å². The summed E-state index contributed by atoms with van der Waals surface area (Å²) < 4.78 is 27.6. The zero-order valence-electron chi connectivity index (χ0n) is 8.96. The van der Waals surface area contributed by atoms with Gasteiger partial charge in [0.05, 0.1) is 5.69 Å². The quantitative estimate of drug-likeness (QED) is 0.805. The summed E-state index contributed by atoms with van der Waals surface area (Å²) in [5, 5.41) is 4.09. The number of nitrogens with two attached hydrogens (primary N) is 1. The van der Waals surface area contributed by atoms with Crippen molar-refractivity contribution >= 4 is 5.82 Å². The molecule has 0 bridgehead atoms. The Balaban J connectivity index is 2.67. The fourth-order valence-electron chi connectivity index (χ4n) is 1.73. The van der Waals surface area contributed by atoms with Gasteiger partial charge in [-0.05, 0) is 24.6 Å². The smallest absolute Gasteiger partial charge is 0.129 e. The highest BCUT2D eigenvalue weighted by molar-refractivity contribution is 5.76. The molecular weight excluding hydrogens is 212 g/mol. The minimum Gasteiger partial charge on any atom is -0.383 e. The zero-order valence-corrected chi connectivity index (χ0v) is 8.96. The first kappa shape index (κ1) is 10.6. The Hall–Kier alpha value is -1.91. The van der Waals surface area contributed by atoms with E-state index >= 15 is 0 Å². The lowest BCUT2D eigenvalue weighted by Crippen LogP contribution is -1.98. The highest BCUT2D eigenvalue weighted by atomic mass is 19.1. The van der Waals surface area contributed by atoms with E-state index in [1.165, 1.54) is 16.8 Å². The predicted molar refractivity (Wildman–Crippen MR) is 57.7 cm³/mol. The molecule has 1 heterocycles. The minimum atomic E-state index is -0.627. The molecule has 0 atom stereocenters. The number of aromatic nitrogens is 2. The van der Waals surface area contributed by atoms with E-state index in [9.17, 15) is 8.78 Å². The van der Waals surface area contributed by atoms with Crippen LogP contribution in [0.3, 0.4) is 0 Å². The molecular formula is C11H11F2N3. The van der Waals surface area contributed by atoms with Crippen molar-refractivity contribution in [3.05, 3.63) is 35.5 Å². The molecule has 3 nitrogen and oxygen atoms in total. The minimum absolute atomic E-state index is 0.391. The van der Waals surface area contributed by atoms with Crippen molar-refractivity contribution in [1.29, 1.82) is 0 Å². The molecule has 5 heteroatoms. The Morgan fingerprint density at radius 1 is 1.19 bits per heavy atom. The largest absolute Gasteiger partial charge is 0.383 e. The van der Waals surface area contributed by atoms with Crippen molar-refractivity contribution < 1.29 is 8.78 Å². The molecule has 0 spiro atoms. The number of hydrogen-bond acceptors (Lipinski definition) is 2. The number of nitrogen functional groups attached to an aromatic ring is 1. The zero-order chi connectivity index (χ0) is 11.9. The van der Waals surface area contributed by atoms with Crippen LogP contribution >= 0.6 is 0 Å². The van der Waals surface area contributed by atoms with Crippen LogP contribution in [0.4, 0.5) is 14.6 Å². The van der Waals surface area contributed by atoms with Crippen LogP contribution < -0.4 is 5.73 Å². The second kappa shape index (κ2) is 3.59. The molecule has 16 heavy (non-hydrogen) atoms. The number of anilines is 1. The third kappa shape index (κ3) is 1.64. The van der Waals surface area contributed by atoms with Crippen molar-refractivity contribution in [2.24, 2.45) is 7.05 Å². The van der Waals surface area contributed by atoms with Gasteiger partial charge in [-0.25, -0.2) is 8.78 Å². The summed E-state index contributed by atoms with van der Waals surface area (Å²) in [5.41, 5.74) is 7.41. The van der Waals surface area contributed by atoms with Crippen LogP contribution in [0.15, 0.2) is 18.2 Å². The van der Waals surface area contributed by atoms with E-state index in [2.05, 4.69) is 5.10 Å². The number of nitrogens with zero attached hydrogens (tertiary/aromatic N) is 2. The summed E-state index contributed by atoms with van der Waals surface area (Å²) >= 11 is 0. The number of aryl methyl sites for hydroxylation is 2. The highest BCUT2D eigenvalue weighted by Gasteiger charge is 2.14. The first-order valence-electron chi connectivity index (χ1n) is 4.74. The van der Waals surface area contributed by atoms with Crippen LogP contribution in [0.2, 0.25) is 0 Å². The van der Waals surface area contributed by atoms with Crippen molar-refractivity contribution in [2.45, 2.75) is 6.92 Å². The van der Waals surface area contributed by atoms with Gasteiger partial charge in [0.2, 0.25) is 0 Å². The SMILES string of the molecule is Cc1nn(C)c(N)c1-c1cc(F)cc(F)c1. The van der Waals surface area contributed by atoms with Crippen LogP contribution in [0.5, 0.6) is 0 Å². The van der Waals surface area contributed by atoms with Gasteiger partial charge in [-0.1, -0.05) is 0 Å². The summed E-state index contributed by atoms with van der Waals surface area (Å²) in [5.74, 6) is -0.863. The van der Waals surface area contributed by atoms with E-state index in [-0.39, 0.29) is 0 Å². The summed E-state index contributed by atoms with van der Waals surface area (Å²) in [6.07, 6.45) is 0. The third-order valence-corrected chi connectivity index (χ3v) is 2.42. The monoisotopic (exact) mass is 223 g/mol. The van der Waals surface area contributed by atoms with Crippen molar-refractivity contribution in [2.75, 3.05) is 5.73 Å². The third-order valence-electron chi connectivity index (χ3n) is 2.42. The van der Waals surface area contributed by atoms with E-state index in [4.69, 9.17) is 5.73 Å². The number of benzene rings is 1. The lowest BCUT2D eigenvalue weighted by Gasteiger charge is -2.02. The molecule has 2 N–H and O–H groups in total. The molecule has 0 amide bonds. The maximum absolute atomic E-state index is 13.1. The second-order valence-corrected chi connectivity index (χ2v) is 3.63. The van der Waals surface area contributed by atoms with Crippen LogP contribution in [0.25, 0.3) is 11.1 Å². The van der Waals surface area contributed by atoms with Crippen LogP contribution in [0, 0.1) is 18.6 Å². The van der Waals surface area contributed by atoms with E-state index in [0.717, 1.165) is 6.07 Å². The number of rotatable bonds is 1. The Labute approximate surface area is 91.5 Å². The van der Waals surface area contributed by atoms with Gasteiger partial charge in [-0.15, -0.1) is 0 Å². The molecule has 0 aliphatic carbocycles. The molecule has 0 fully saturated rings. The average molecular weight is 223 g/mol. The molecule has 0 saturated heterocycles. The number of halogens is 2. The summed E-state index contributed by atoms with van der Waals surface area (Å²) in [6, 6.07) is 3.30. The summed E-state index contributed by atoms with van der Waals surface area (Å²) in [7, 11) is 1.68. The van der Waals surface area contributed by atoms with E-state index in [1.807, 2.05) is 0 Å². The van der Waals surface area contributed by atoms with E-state index in [1.54, 1.807) is 14.0 Å². The van der Waals surface area contributed by atoms with Gasteiger partial charge in [0.15, 0.2) is 0 Å². The molecule has 0 saturated carbocycles. The van der Waals surface area contributed by atoms with Crippen molar-refractivity contribution in [3.63, 3.8) is 0 Å². The molecule has 0 aliphatic heterocycles. The summed E-state index contributed by atoms with van der Waals surface area (Å²) in [4.78, 5) is 0. The van der Waals surface area contributed by atoms with Crippen molar-refractivity contribution in [3.8, 4) is 11.1 Å². The molecule has 0 aliphatic rings. The van der Waals surface area contributed by atoms with Gasteiger partial charge < -0.3 is 5.73 Å². The molecule has 84 valence electrons. The van der Waals surface area contributed by atoms with Crippen LogP contribution in [-0.2, 0) is 7.05 Å². The fraction of sp³-hybridized carbons (Fsp3) is 0.182. The summed E-state index contributed by atoms with van der Waals surface area (Å²) in [6.45, 7) is 1.74. The molecule has 1 aromatic heterocycles. The molecule has 2 rings (SSSR count). The van der Waals surface area contributed by atoms with Gasteiger partial charge in [-0.2, -0.15) is 5.10 Å². The van der Waals surface area contributed by atoms with E-state index < -0.39 is 11.6 Å². The van der Waals surface area contributed by atoms with Crippen LogP contribution in [-0.4, -0.2) is 9.78 Å². The number of hydrogen-bond donors (Lipinski definition) is 1. The topological polar surface area (TPSA) is 43.8 Å².